The second-order valence-electron chi connectivity index (χ2n) is 5.15. The zero-order valence-electron chi connectivity index (χ0n) is 11.0. The van der Waals surface area contributed by atoms with Crippen LogP contribution in [-0.2, 0) is 0 Å². The van der Waals surface area contributed by atoms with E-state index >= 15 is 0 Å². The molecule has 1 aliphatic carbocycles. The zero-order valence-corrected chi connectivity index (χ0v) is 12.2. The highest BCUT2D eigenvalue weighted by molar-refractivity contribution is 7.27. The van der Waals surface area contributed by atoms with E-state index in [0.29, 0.717) is 5.92 Å². The minimum Gasteiger partial charge on any atom is -0.298 e. The highest BCUT2D eigenvalue weighted by Gasteiger charge is 2.35. The summed E-state index contributed by atoms with van der Waals surface area (Å²) in [4.78, 5) is 6.81. The highest BCUT2D eigenvalue weighted by atomic mass is 31.0. The molecule has 0 N–H and O–H groups in total. The second kappa shape index (κ2) is 4.57. The Hall–Kier alpha value is -1.92. The van der Waals surface area contributed by atoms with Gasteiger partial charge in [0, 0.05) is 17.8 Å². The van der Waals surface area contributed by atoms with Gasteiger partial charge in [0.05, 0.1) is 5.69 Å². The van der Waals surface area contributed by atoms with Crippen molar-refractivity contribution >= 4 is 26.0 Å². The maximum atomic E-state index is 4.53. The summed E-state index contributed by atoms with van der Waals surface area (Å²) in [6.07, 6.45) is 9.53. The Bertz CT molecular complexity index is 719. The summed E-state index contributed by atoms with van der Waals surface area (Å²) in [6.45, 7) is 0. The van der Waals surface area contributed by atoms with Gasteiger partial charge in [-0.3, -0.25) is 4.90 Å². The number of hydrogen-bond donors (Lipinski definition) is 0. The maximum absolute atomic E-state index is 4.53. The Morgan fingerprint density at radius 2 is 2.15 bits per heavy atom. The van der Waals surface area contributed by atoms with Crippen LogP contribution < -0.4 is 10.2 Å². The number of allylic oxidation sites excluding steroid dienone is 4. The summed E-state index contributed by atoms with van der Waals surface area (Å²) >= 11 is 0. The number of aromatic nitrogens is 1. The lowest BCUT2D eigenvalue weighted by Crippen LogP contribution is -2.15. The molecular weight excluding hydrogens is 263 g/mol. The minimum absolute atomic E-state index is 0.456. The van der Waals surface area contributed by atoms with Crippen LogP contribution in [0.5, 0.6) is 0 Å². The van der Waals surface area contributed by atoms with Gasteiger partial charge in [-0.15, -0.1) is 9.24 Å². The van der Waals surface area contributed by atoms with Gasteiger partial charge in [-0.2, -0.15) is 0 Å². The lowest BCUT2D eigenvalue weighted by molar-refractivity contribution is 0.817. The molecule has 1 aromatic carbocycles. The van der Waals surface area contributed by atoms with Crippen LogP contribution in [-0.4, -0.2) is 4.98 Å². The van der Waals surface area contributed by atoms with Crippen LogP contribution in [0.15, 0.2) is 66.5 Å². The molecule has 1 aromatic heterocycles. The standard InChI is InChI=1S/C17H15N2P/c20-12-8-9-16-14(11-12)13-5-1-2-6-15(13)19(16)17-7-3-4-10-18-17/h1-4,6-11,13H,5,20H2. The third-order valence-corrected chi connectivity index (χ3v) is 4.30. The number of anilines is 2. The maximum Gasteiger partial charge on any atom is 0.137 e. The molecule has 0 fully saturated rings. The highest BCUT2D eigenvalue weighted by Crippen LogP contribution is 2.49. The van der Waals surface area contributed by atoms with Crippen LogP contribution in [0.3, 0.4) is 0 Å². The van der Waals surface area contributed by atoms with Crippen LogP contribution in [0.4, 0.5) is 11.5 Å². The van der Waals surface area contributed by atoms with E-state index in [2.05, 4.69) is 61.6 Å². The Kier molecular flexibility index (Phi) is 2.71. The molecule has 2 unspecified atom stereocenters. The molecule has 2 heterocycles. The molecule has 2 atom stereocenters. The number of pyridine rings is 1. The molecule has 2 aromatic rings. The molecular formula is C17H15N2P. The van der Waals surface area contributed by atoms with Crippen molar-refractivity contribution in [3.63, 3.8) is 0 Å². The van der Waals surface area contributed by atoms with E-state index in [0.717, 1.165) is 12.2 Å². The molecule has 0 bridgehead atoms. The van der Waals surface area contributed by atoms with E-state index in [1.807, 2.05) is 18.3 Å². The average Bonchev–Trinajstić information content (AvgIpc) is 2.82. The fraction of sp³-hybridized carbons (Fsp3) is 0.118. The first-order chi connectivity index (χ1) is 9.84. The number of fused-ring (bicyclic) bond motifs is 3. The van der Waals surface area contributed by atoms with Crippen molar-refractivity contribution < 1.29 is 0 Å². The van der Waals surface area contributed by atoms with Crippen LogP contribution in [0.25, 0.3) is 0 Å². The Morgan fingerprint density at radius 3 is 3.00 bits per heavy atom. The first kappa shape index (κ1) is 11.9. The van der Waals surface area contributed by atoms with Crippen LogP contribution in [0, 0.1) is 0 Å². The predicted molar refractivity (Wildman–Crippen MR) is 86.7 cm³/mol. The van der Waals surface area contributed by atoms with Crippen molar-refractivity contribution in [2.75, 3.05) is 4.90 Å². The first-order valence-electron chi connectivity index (χ1n) is 6.82. The van der Waals surface area contributed by atoms with Gasteiger partial charge in [-0.05, 0) is 47.6 Å². The molecule has 3 heteroatoms. The molecule has 0 saturated carbocycles. The predicted octanol–water partition coefficient (Wildman–Crippen LogP) is 3.66. The zero-order chi connectivity index (χ0) is 13.5. The van der Waals surface area contributed by atoms with E-state index in [1.54, 1.807) is 0 Å². The lowest BCUT2D eigenvalue weighted by Gasteiger charge is -2.23. The van der Waals surface area contributed by atoms with Gasteiger partial charge in [0.25, 0.3) is 0 Å². The SMILES string of the molecule is Pc1ccc2c(c1)C1CC=CC=C1N2c1ccccn1. The molecule has 1 aliphatic heterocycles. The van der Waals surface area contributed by atoms with Crippen molar-refractivity contribution in [1.82, 2.24) is 4.98 Å². The van der Waals surface area contributed by atoms with Gasteiger partial charge < -0.3 is 0 Å². The molecule has 98 valence electrons. The van der Waals surface area contributed by atoms with Gasteiger partial charge in [-0.25, -0.2) is 4.98 Å². The summed E-state index contributed by atoms with van der Waals surface area (Å²) in [5.74, 6) is 1.45. The molecule has 0 saturated heterocycles. The van der Waals surface area contributed by atoms with E-state index in [1.165, 1.54) is 22.3 Å². The Balaban J connectivity index is 1.94. The van der Waals surface area contributed by atoms with Crippen LogP contribution in [0.2, 0.25) is 0 Å². The Labute approximate surface area is 121 Å². The van der Waals surface area contributed by atoms with Gasteiger partial charge in [-0.1, -0.05) is 24.3 Å². The molecule has 0 radical (unpaired) electrons. The monoisotopic (exact) mass is 278 g/mol. The number of hydrogen-bond acceptors (Lipinski definition) is 2. The fourth-order valence-corrected chi connectivity index (χ4v) is 3.35. The van der Waals surface area contributed by atoms with Gasteiger partial charge in [0.2, 0.25) is 0 Å². The van der Waals surface area contributed by atoms with Crippen molar-refractivity contribution in [2.24, 2.45) is 0 Å². The molecule has 2 nitrogen and oxygen atoms in total. The van der Waals surface area contributed by atoms with Gasteiger partial charge in [0.1, 0.15) is 5.82 Å². The summed E-state index contributed by atoms with van der Waals surface area (Å²) in [5.41, 5.74) is 3.99. The summed E-state index contributed by atoms with van der Waals surface area (Å²) in [6, 6.07) is 12.7. The van der Waals surface area contributed by atoms with E-state index in [9.17, 15) is 0 Å². The third-order valence-electron chi connectivity index (χ3n) is 3.94. The number of rotatable bonds is 1. The summed E-state index contributed by atoms with van der Waals surface area (Å²) in [5, 5.41) is 1.24. The molecule has 0 spiro atoms. The number of nitrogens with zero attached hydrogens (tertiary/aromatic N) is 2. The summed E-state index contributed by atoms with van der Waals surface area (Å²) < 4.78 is 0. The van der Waals surface area contributed by atoms with Gasteiger partial charge in [0.15, 0.2) is 0 Å². The van der Waals surface area contributed by atoms with Crippen LogP contribution >= 0.6 is 9.24 Å². The largest absolute Gasteiger partial charge is 0.298 e. The number of benzene rings is 1. The van der Waals surface area contributed by atoms with E-state index < -0.39 is 0 Å². The van der Waals surface area contributed by atoms with Crippen molar-refractivity contribution in [3.8, 4) is 0 Å². The van der Waals surface area contributed by atoms with Crippen molar-refractivity contribution in [3.05, 3.63) is 72.1 Å². The van der Waals surface area contributed by atoms with Crippen molar-refractivity contribution in [2.45, 2.75) is 12.3 Å². The van der Waals surface area contributed by atoms with E-state index in [-0.39, 0.29) is 0 Å². The minimum atomic E-state index is 0.456. The average molecular weight is 278 g/mol. The smallest absolute Gasteiger partial charge is 0.137 e. The molecule has 4 rings (SSSR count). The van der Waals surface area contributed by atoms with Crippen LogP contribution in [0.1, 0.15) is 17.9 Å². The molecule has 0 amide bonds. The lowest BCUT2D eigenvalue weighted by atomic mass is 9.92. The summed E-state index contributed by atoms with van der Waals surface area (Å²) in [7, 11) is 2.79. The Morgan fingerprint density at radius 1 is 1.20 bits per heavy atom. The molecule has 2 aliphatic rings. The van der Waals surface area contributed by atoms with Gasteiger partial charge >= 0.3 is 0 Å². The first-order valence-corrected chi connectivity index (χ1v) is 7.39. The topological polar surface area (TPSA) is 16.1 Å². The third kappa shape index (κ3) is 1.72. The quantitative estimate of drug-likeness (QED) is 0.740. The normalized spacial score (nSPS) is 19.6. The fourth-order valence-electron chi connectivity index (χ4n) is 3.07. The van der Waals surface area contributed by atoms with E-state index in [4.69, 9.17) is 0 Å². The second-order valence-corrected chi connectivity index (χ2v) is 5.82. The van der Waals surface area contributed by atoms with Crippen molar-refractivity contribution in [1.29, 1.82) is 0 Å². The molecule has 20 heavy (non-hydrogen) atoms.